The highest BCUT2D eigenvalue weighted by Gasteiger charge is 2.21. The number of aliphatic hydroxyl groups excluding tert-OH is 1. The van der Waals surface area contributed by atoms with Crippen LogP contribution in [0.1, 0.15) is 5.56 Å². The van der Waals surface area contributed by atoms with Gasteiger partial charge in [0, 0.05) is 26.5 Å². The first-order valence-electron chi connectivity index (χ1n) is 10.7. The van der Waals surface area contributed by atoms with Crippen LogP contribution in [0.4, 0.5) is 5.95 Å². The molecule has 0 fully saturated rings. The number of pyridine rings is 1. The minimum absolute atomic E-state index is 0.0345. The van der Waals surface area contributed by atoms with Gasteiger partial charge in [0.25, 0.3) is 5.56 Å². The van der Waals surface area contributed by atoms with Crippen molar-refractivity contribution in [1.82, 2.24) is 23.7 Å². The number of nitrogens with zero attached hydrogens (tertiary/aromatic N) is 6. The molecule has 3 heterocycles. The fourth-order valence-electron chi connectivity index (χ4n) is 3.45. The molecule has 0 spiro atoms. The quantitative estimate of drug-likeness (QED) is 0.265. The second-order valence-electron chi connectivity index (χ2n) is 7.71. The molecule has 1 atom stereocenters. The number of aryl methyl sites for hydroxylation is 1. The van der Waals surface area contributed by atoms with E-state index in [2.05, 4.69) is 20.5 Å². The summed E-state index contributed by atoms with van der Waals surface area (Å²) in [5.74, 6) is 1.43. The van der Waals surface area contributed by atoms with Crippen LogP contribution in [0.2, 0.25) is 0 Å². The van der Waals surface area contributed by atoms with E-state index >= 15 is 0 Å². The molecule has 4 aromatic rings. The van der Waals surface area contributed by atoms with Crippen LogP contribution in [0.15, 0.2) is 63.5 Å². The van der Waals surface area contributed by atoms with Crippen molar-refractivity contribution in [2.75, 3.05) is 19.1 Å². The first-order valence-corrected chi connectivity index (χ1v) is 10.7. The molecule has 0 bridgehead atoms. The third-order valence-corrected chi connectivity index (χ3v) is 5.33. The van der Waals surface area contributed by atoms with E-state index in [1.807, 2.05) is 0 Å². The van der Waals surface area contributed by atoms with Crippen molar-refractivity contribution < 1.29 is 14.6 Å². The number of rotatable bonds is 9. The number of ether oxygens (including phenoxy) is 2. The van der Waals surface area contributed by atoms with E-state index in [1.54, 1.807) is 62.1 Å². The van der Waals surface area contributed by atoms with E-state index in [1.165, 1.54) is 23.2 Å². The lowest BCUT2D eigenvalue weighted by Gasteiger charge is -2.15. The van der Waals surface area contributed by atoms with Crippen LogP contribution in [0.5, 0.6) is 11.5 Å². The second kappa shape index (κ2) is 10.2. The molecule has 182 valence electrons. The molecule has 12 heteroatoms. The summed E-state index contributed by atoms with van der Waals surface area (Å²) in [6, 6.07) is 10.5. The first kappa shape index (κ1) is 23.7. The molecule has 1 aromatic carbocycles. The maximum atomic E-state index is 12.9. The van der Waals surface area contributed by atoms with Gasteiger partial charge in [-0.05, 0) is 42.0 Å². The van der Waals surface area contributed by atoms with Gasteiger partial charge in [-0.25, -0.2) is 10.2 Å². The van der Waals surface area contributed by atoms with Gasteiger partial charge in [0.2, 0.25) is 5.95 Å². The molecule has 2 N–H and O–H groups in total. The topological polar surface area (TPSA) is 138 Å². The van der Waals surface area contributed by atoms with Crippen molar-refractivity contribution in [3.05, 3.63) is 75.2 Å². The summed E-state index contributed by atoms with van der Waals surface area (Å²) in [7, 11) is 4.48. The molecule has 35 heavy (non-hydrogen) atoms. The number of hydrogen-bond donors (Lipinski definition) is 2. The number of fused-ring (bicyclic) bond motifs is 1. The van der Waals surface area contributed by atoms with Crippen molar-refractivity contribution in [3.8, 4) is 11.5 Å². The number of hydrogen-bond acceptors (Lipinski definition) is 9. The monoisotopic (exact) mass is 479 g/mol. The van der Waals surface area contributed by atoms with Crippen molar-refractivity contribution >= 4 is 23.3 Å². The summed E-state index contributed by atoms with van der Waals surface area (Å²) in [5.41, 5.74) is 2.88. The van der Waals surface area contributed by atoms with Gasteiger partial charge in [0.15, 0.2) is 11.2 Å². The lowest BCUT2D eigenvalue weighted by Crippen LogP contribution is -2.38. The average Bonchev–Trinajstić information content (AvgIpc) is 3.24. The molecule has 0 aliphatic heterocycles. The highest BCUT2D eigenvalue weighted by atomic mass is 16.5. The van der Waals surface area contributed by atoms with E-state index in [4.69, 9.17) is 9.47 Å². The minimum Gasteiger partial charge on any atom is -0.497 e. The molecule has 0 aliphatic carbocycles. The van der Waals surface area contributed by atoms with Crippen molar-refractivity contribution in [2.24, 2.45) is 19.2 Å². The van der Waals surface area contributed by atoms with Gasteiger partial charge < -0.3 is 19.1 Å². The van der Waals surface area contributed by atoms with E-state index in [9.17, 15) is 14.7 Å². The summed E-state index contributed by atoms with van der Waals surface area (Å²) in [5, 5.41) is 14.9. The fraction of sp³-hybridized carbons (Fsp3) is 0.261. The van der Waals surface area contributed by atoms with E-state index in [-0.39, 0.29) is 30.3 Å². The van der Waals surface area contributed by atoms with Gasteiger partial charge in [-0.2, -0.15) is 10.1 Å². The van der Waals surface area contributed by atoms with E-state index in [0.717, 1.165) is 10.1 Å². The highest BCUT2D eigenvalue weighted by molar-refractivity contribution is 5.80. The second-order valence-corrected chi connectivity index (χ2v) is 7.71. The smallest absolute Gasteiger partial charge is 0.332 e. The Bertz CT molecular complexity index is 1460. The third-order valence-electron chi connectivity index (χ3n) is 5.33. The lowest BCUT2D eigenvalue weighted by molar-refractivity contribution is 0.0938. The molecule has 0 unspecified atom stereocenters. The molecule has 0 amide bonds. The third kappa shape index (κ3) is 5.06. The van der Waals surface area contributed by atoms with Gasteiger partial charge in [-0.15, -0.1) is 0 Å². The number of imidazole rings is 1. The maximum absolute atomic E-state index is 12.9. The van der Waals surface area contributed by atoms with Gasteiger partial charge >= 0.3 is 5.69 Å². The molecular weight excluding hydrogens is 454 g/mol. The van der Waals surface area contributed by atoms with Crippen LogP contribution < -0.4 is 26.1 Å². The Morgan fingerprint density at radius 1 is 1.09 bits per heavy atom. The van der Waals surface area contributed by atoms with Gasteiger partial charge in [0.05, 0.1) is 19.9 Å². The normalized spacial score (nSPS) is 12.2. The SMILES string of the molecule is COc1ccc(OC[C@H](O)Cn2c(N/N=C\c3ccncc3)nc3c2c(=O)n(C)c(=O)n3C)cc1. The number of hydrazone groups is 1. The Hall–Kier alpha value is -4.45. The van der Waals surface area contributed by atoms with Crippen LogP contribution in [0.3, 0.4) is 0 Å². The van der Waals surface area contributed by atoms with E-state index < -0.39 is 17.4 Å². The minimum atomic E-state index is -0.999. The zero-order valence-electron chi connectivity index (χ0n) is 19.5. The van der Waals surface area contributed by atoms with Crippen LogP contribution in [0.25, 0.3) is 11.2 Å². The average molecular weight is 479 g/mol. The van der Waals surface area contributed by atoms with Crippen LogP contribution >= 0.6 is 0 Å². The molecule has 0 aliphatic rings. The fourth-order valence-corrected chi connectivity index (χ4v) is 3.45. The Labute approximate surface area is 199 Å². The largest absolute Gasteiger partial charge is 0.497 e. The lowest BCUT2D eigenvalue weighted by atomic mass is 10.3. The number of benzene rings is 1. The van der Waals surface area contributed by atoms with Crippen LogP contribution in [0, 0.1) is 0 Å². The Morgan fingerprint density at radius 2 is 1.77 bits per heavy atom. The van der Waals surface area contributed by atoms with Crippen molar-refractivity contribution in [1.29, 1.82) is 0 Å². The van der Waals surface area contributed by atoms with Gasteiger partial charge in [-0.1, -0.05) is 0 Å². The number of anilines is 1. The number of aliphatic hydroxyl groups is 1. The Balaban J connectivity index is 1.62. The molecule has 0 radical (unpaired) electrons. The highest BCUT2D eigenvalue weighted by Crippen LogP contribution is 2.19. The zero-order chi connectivity index (χ0) is 24.9. The predicted octanol–water partition coefficient (Wildman–Crippen LogP) is 0.723. The zero-order valence-corrected chi connectivity index (χ0v) is 19.5. The van der Waals surface area contributed by atoms with Gasteiger partial charge in [0.1, 0.15) is 24.2 Å². The Morgan fingerprint density at radius 3 is 2.46 bits per heavy atom. The Kier molecular flexibility index (Phi) is 6.92. The standard InChI is InChI=1S/C23H25N7O5/c1-28-20-19(21(32)29(2)23(28)33)30(22(26-20)27-25-12-15-8-10-24-11-9-15)13-16(31)14-35-18-6-4-17(34-3)5-7-18/h4-12,16,31H,13-14H2,1-3H3,(H,26,27)/b25-12-/t16-/m1/s1. The summed E-state index contributed by atoms with van der Waals surface area (Å²) >= 11 is 0. The van der Waals surface area contributed by atoms with Crippen molar-refractivity contribution in [3.63, 3.8) is 0 Å². The summed E-state index contributed by atoms with van der Waals surface area (Å²) in [6.07, 6.45) is 3.83. The molecule has 0 saturated heterocycles. The summed E-state index contributed by atoms with van der Waals surface area (Å²) in [4.78, 5) is 33.7. The van der Waals surface area contributed by atoms with Crippen LogP contribution in [-0.2, 0) is 20.6 Å². The number of methoxy groups -OCH3 is 1. The molecule has 3 aromatic heterocycles. The molecule has 4 rings (SSSR count). The summed E-state index contributed by atoms with van der Waals surface area (Å²) in [6.45, 7) is -0.0784. The number of nitrogens with one attached hydrogen (secondary N) is 1. The van der Waals surface area contributed by atoms with E-state index in [0.29, 0.717) is 11.5 Å². The molecule has 12 nitrogen and oxygen atoms in total. The van der Waals surface area contributed by atoms with Gasteiger partial charge in [-0.3, -0.25) is 18.9 Å². The van der Waals surface area contributed by atoms with Crippen molar-refractivity contribution in [2.45, 2.75) is 12.6 Å². The number of aromatic nitrogens is 5. The first-order chi connectivity index (χ1) is 16.9. The predicted molar refractivity (Wildman–Crippen MR) is 130 cm³/mol. The van der Waals surface area contributed by atoms with Crippen LogP contribution in [-0.4, -0.2) is 54.8 Å². The molecular formula is C23H25N7O5. The molecule has 0 saturated carbocycles. The maximum Gasteiger partial charge on any atom is 0.332 e. The summed E-state index contributed by atoms with van der Waals surface area (Å²) < 4.78 is 14.5.